The molecule has 0 bridgehead atoms. The Kier molecular flexibility index (Phi) is 6.54. The van der Waals surface area contributed by atoms with Crippen LogP contribution in [0.15, 0.2) is 46.9 Å². The standard InChI is InChI=1S/C20H21ClN4O2S2/c1-13(19(26)22-15-6-2-5-14(21)11-15)29-20-24-23-18(17-8-4-10-28-17)25(20)12-16-7-3-9-27-16/h2,4-6,8,10-11,13,16H,3,7,9,12H2,1H3,(H,22,26)/t13-,16-/m1/s1. The van der Waals surface area contributed by atoms with Crippen LogP contribution in [-0.2, 0) is 16.1 Å². The fourth-order valence-corrected chi connectivity index (χ4v) is 4.91. The van der Waals surface area contributed by atoms with E-state index in [1.54, 1.807) is 29.5 Å². The number of carbonyl (C=O) groups is 1. The van der Waals surface area contributed by atoms with Crippen molar-refractivity contribution >= 4 is 46.3 Å². The second-order valence-corrected chi connectivity index (χ2v) is 9.48. The average molecular weight is 449 g/mol. The summed E-state index contributed by atoms with van der Waals surface area (Å²) in [6.07, 6.45) is 2.25. The number of nitrogens with one attached hydrogen (secondary N) is 1. The second kappa shape index (κ2) is 9.30. The molecule has 0 radical (unpaired) electrons. The number of ether oxygens (including phenoxy) is 1. The van der Waals surface area contributed by atoms with Crippen molar-refractivity contribution in [1.29, 1.82) is 0 Å². The molecule has 2 aromatic heterocycles. The van der Waals surface area contributed by atoms with Crippen molar-refractivity contribution in [2.45, 2.75) is 42.8 Å². The van der Waals surface area contributed by atoms with Gasteiger partial charge in [0.25, 0.3) is 0 Å². The molecule has 1 amide bonds. The van der Waals surface area contributed by atoms with Gasteiger partial charge >= 0.3 is 0 Å². The average Bonchev–Trinajstić information content (AvgIpc) is 3.45. The van der Waals surface area contributed by atoms with E-state index in [0.717, 1.165) is 35.3 Å². The van der Waals surface area contributed by atoms with Crippen LogP contribution in [0.5, 0.6) is 0 Å². The fourth-order valence-electron chi connectivity index (χ4n) is 3.14. The first-order valence-corrected chi connectivity index (χ1v) is 11.6. The predicted molar refractivity (Wildman–Crippen MR) is 118 cm³/mol. The van der Waals surface area contributed by atoms with Crippen molar-refractivity contribution in [3.8, 4) is 10.7 Å². The van der Waals surface area contributed by atoms with Gasteiger partial charge in [-0.25, -0.2) is 0 Å². The van der Waals surface area contributed by atoms with Crippen LogP contribution < -0.4 is 5.32 Å². The molecule has 1 fully saturated rings. The van der Waals surface area contributed by atoms with Crippen LogP contribution in [0.25, 0.3) is 10.7 Å². The Morgan fingerprint density at radius 2 is 2.31 bits per heavy atom. The number of thiophene rings is 1. The predicted octanol–water partition coefficient (Wildman–Crippen LogP) is 4.96. The van der Waals surface area contributed by atoms with Crippen LogP contribution in [0.1, 0.15) is 19.8 Å². The van der Waals surface area contributed by atoms with Gasteiger partial charge in [-0.05, 0) is 49.4 Å². The molecule has 3 heterocycles. The van der Waals surface area contributed by atoms with E-state index in [9.17, 15) is 4.79 Å². The van der Waals surface area contributed by atoms with Gasteiger partial charge in [0, 0.05) is 17.3 Å². The summed E-state index contributed by atoms with van der Waals surface area (Å²) in [7, 11) is 0. The molecular weight excluding hydrogens is 428 g/mol. The first kappa shape index (κ1) is 20.4. The van der Waals surface area contributed by atoms with Gasteiger partial charge in [0.05, 0.1) is 22.8 Å². The second-order valence-electron chi connectivity index (χ2n) is 6.79. The maximum atomic E-state index is 12.7. The van der Waals surface area contributed by atoms with E-state index >= 15 is 0 Å². The van der Waals surface area contributed by atoms with Crippen molar-refractivity contribution in [3.63, 3.8) is 0 Å². The van der Waals surface area contributed by atoms with Gasteiger partial charge in [0.1, 0.15) is 0 Å². The summed E-state index contributed by atoms with van der Waals surface area (Å²) in [6.45, 7) is 3.34. The van der Waals surface area contributed by atoms with Gasteiger partial charge in [-0.2, -0.15) is 0 Å². The maximum absolute atomic E-state index is 12.7. The van der Waals surface area contributed by atoms with Gasteiger partial charge in [0.2, 0.25) is 5.91 Å². The summed E-state index contributed by atoms with van der Waals surface area (Å²) in [6, 6.07) is 11.2. The third-order valence-corrected chi connectivity index (χ3v) is 6.79. The van der Waals surface area contributed by atoms with Crippen LogP contribution in [0.4, 0.5) is 5.69 Å². The van der Waals surface area contributed by atoms with Crippen LogP contribution in [0, 0.1) is 0 Å². The Morgan fingerprint density at radius 3 is 3.03 bits per heavy atom. The van der Waals surface area contributed by atoms with Crippen LogP contribution in [-0.4, -0.2) is 38.6 Å². The van der Waals surface area contributed by atoms with Gasteiger partial charge < -0.3 is 10.1 Å². The van der Waals surface area contributed by atoms with E-state index in [2.05, 4.69) is 20.1 Å². The number of hydrogen-bond acceptors (Lipinski definition) is 6. The molecule has 0 saturated carbocycles. The Hall–Kier alpha value is -1.87. The van der Waals surface area contributed by atoms with E-state index in [1.807, 2.05) is 30.5 Å². The SMILES string of the molecule is C[C@@H](Sc1nnc(-c2cccs2)n1C[C@H]1CCCO1)C(=O)Nc1cccc(Cl)c1. The molecule has 152 valence electrons. The first-order valence-electron chi connectivity index (χ1n) is 9.42. The molecule has 9 heteroatoms. The van der Waals surface area contributed by atoms with Crippen molar-refractivity contribution in [1.82, 2.24) is 14.8 Å². The molecule has 4 rings (SSSR count). The third kappa shape index (κ3) is 5.01. The number of thioether (sulfide) groups is 1. The Labute approximate surface area is 182 Å². The summed E-state index contributed by atoms with van der Waals surface area (Å²) < 4.78 is 7.90. The molecule has 0 unspecified atom stereocenters. The van der Waals surface area contributed by atoms with Gasteiger partial charge in [-0.3, -0.25) is 9.36 Å². The van der Waals surface area contributed by atoms with E-state index < -0.39 is 0 Å². The number of hydrogen-bond donors (Lipinski definition) is 1. The van der Waals surface area contributed by atoms with Crippen molar-refractivity contribution in [2.75, 3.05) is 11.9 Å². The number of nitrogens with zero attached hydrogens (tertiary/aromatic N) is 3. The Morgan fingerprint density at radius 1 is 1.41 bits per heavy atom. The van der Waals surface area contributed by atoms with Crippen LogP contribution in [0.2, 0.25) is 5.02 Å². The zero-order valence-corrected chi connectivity index (χ0v) is 18.3. The number of halogens is 1. The topological polar surface area (TPSA) is 69.0 Å². The molecule has 29 heavy (non-hydrogen) atoms. The minimum Gasteiger partial charge on any atom is -0.376 e. The number of aromatic nitrogens is 3. The summed E-state index contributed by atoms with van der Waals surface area (Å²) in [5.41, 5.74) is 0.676. The lowest BCUT2D eigenvalue weighted by Crippen LogP contribution is -2.23. The molecule has 1 aliphatic heterocycles. The highest BCUT2D eigenvalue weighted by Gasteiger charge is 2.25. The minimum absolute atomic E-state index is 0.110. The number of anilines is 1. The lowest BCUT2D eigenvalue weighted by atomic mass is 10.2. The Balaban J connectivity index is 1.51. The summed E-state index contributed by atoms with van der Waals surface area (Å²) >= 11 is 9.02. The fraction of sp³-hybridized carbons (Fsp3) is 0.350. The zero-order valence-electron chi connectivity index (χ0n) is 15.9. The first-order chi connectivity index (χ1) is 14.1. The number of amides is 1. The minimum atomic E-state index is -0.349. The van der Waals surface area contributed by atoms with Gasteiger partial charge in [0.15, 0.2) is 11.0 Å². The van der Waals surface area contributed by atoms with E-state index in [1.165, 1.54) is 11.8 Å². The zero-order chi connectivity index (χ0) is 20.2. The molecule has 1 N–H and O–H groups in total. The highest BCUT2D eigenvalue weighted by molar-refractivity contribution is 8.00. The molecule has 1 saturated heterocycles. The smallest absolute Gasteiger partial charge is 0.237 e. The molecule has 1 aromatic carbocycles. The number of carbonyl (C=O) groups excluding carboxylic acids is 1. The normalized spacial score (nSPS) is 17.4. The van der Waals surface area contributed by atoms with Crippen LogP contribution >= 0.6 is 34.7 Å². The monoisotopic (exact) mass is 448 g/mol. The molecular formula is C20H21ClN4O2S2. The van der Waals surface area contributed by atoms with Crippen molar-refractivity contribution in [3.05, 3.63) is 46.8 Å². The summed E-state index contributed by atoms with van der Waals surface area (Å²) in [5.74, 6) is 0.710. The van der Waals surface area contributed by atoms with E-state index in [4.69, 9.17) is 16.3 Å². The third-order valence-electron chi connectivity index (χ3n) is 4.61. The molecule has 2 atom stereocenters. The van der Waals surface area contributed by atoms with Crippen molar-refractivity contribution < 1.29 is 9.53 Å². The summed E-state index contributed by atoms with van der Waals surface area (Å²) in [5, 5.41) is 14.7. The number of rotatable bonds is 7. The molecule has 3 aromatic rings. The quantitative estimate of drug-likeness (QED) is 0.517. The van der Waals surface area contributed by atoms with E-state index in [-0.39, 0.29) is 17.3 Å². The highest BCUT2D eigenvalue weighted by atomic mass is 35.5. The largest absolute Gasteiger partial charge is 0.376 e. The van der Waals surface area contributed by atoms with Crippen LogP contribution in [0.3, 0.4) is 0 Å². The maximum Gasteiger partial charge on any atom is 0.237 e. The lowest BCUT2D eigenvalue weighted by molar-refractivity contribution is -0.115. The molecule has 6 nitrogen and oxygen atoms in total. The van der Waals surface area contributed by atoms with Gasteiger partial charge in [-0.1, -0.05) is 35.5 Å². The molecule has 1 aliphatic rings. The Bertz CT molecular complexity index is 971. The van der Waals surface area contributed by atoms with Gasteiger partial charge in [-0.15, -0.1) is 21.5 Å². The number of benzene rings is 1. The van der Waals surface area contributed by atoms with E-state index in [0.29, 0.717) is 17.3 Å². The lowest BCUT2D eigenvalue weighted by Gasteiger charge is -2.16. The highest BCUT2D eigenvalue weighted by Crippen LogP contribution is 2.31. The molecule has 0 spiro atoms. The summed E-state index contributed by atoms with van der Waals surface area (Å²) in [4.78, 5) is 13.7. The molecule has 0 aliphatic carbocycles. The van der Waals surface area contributed by atoms with Crippen molar-refractivity contribution in [2.24, 2.45) is 0 Å².